The lowest BCUT2D eigenvalue weighted by Crippen LogP contribution is -2.84. The Morgan fingerprint density at radius 1 is 1.13 bits per heavy atom. The number of halogens is 2. The molecule has 0 saturated heterocycles. The van der Waals surface area contributed by atoms with Gasteiger partial charge >= 0.3 is 0 Å². The molecule has 1 aromatic carbocycles. The second kappa shape index (κ2) is 8.34. The first kappa shape index (κ1) is 21.4. The Labute approximate surface area is 184 Å². The van der Waals surface area contributed by atoms with Gasteiger partial charge in [-0.25, -0.2) is 9.37 Å². The third-order valence-corrected chi connectivity index (χ3v) is 5.83. The first-order valence-corrected chi connectivity index (χ1v) is 10.5. The van der Waals surface area contributed by atoms with Crippen LogP contribution in [0.25, 0.3) is 0 Å². The summed E-state index contributed by atoms with van der Waals surface area (Å²) in [6, 6.07) is 7.38. The van der Waals surface area contributed by atoms with Crippen LogP contribution in [0.2, 0.25) is 5.02 Å². The summed E-state index contributed by atoms with van der Waals surface area (Å²) in [5, 5.41) is 6.00. The summed E-state index contributed by atoms with van der Waals surface area (Å²) in [5.74, 6) is -0.355. The van der Waals surface area contributed by atoms with Crippen molar-refractivity contribution in [3.8, 4) is 11.6 Å². The van der Waals surface area contributed by atoms with E-state index in [4.69, 9.17) is 21.1 Å². The fourth-order valence-electron chi connectivity index (χ4n) is 4.22. The van der Waals surface area contributed by atoms with Crippen LogP contribution < -0.4 is 20.1 Å². The normalized spacial score (nSPS) is 23.2. The minimum absolute atomic E-state index is 0.00503. The van der Waals surface area contributed by atoms with Gasteiger partial charge in [-0.1, -0.05) is 18.5 Å². The monoisotopic (exact) mass is 447 g/mol. The van der Waals surface area contributed by atoms with Crippen LogP contribution in [0.3, 0.4) is 0 Å². The number of nitrogens with one attached hydrogen (secondary N) is 2. The number of rotatable bonds is 9. The molecule has 2 N–H and O–H groups in total. The van der Waals surface area contributed by atoms with Crippen molar-refractivity contribution in [2.24, 2.45) is 0 Å². The lowest BCUT2D eigenvalue weighted by Gasteiger charge is -2.70. The van der Waals surface area contributed by atoms with Gasteiger partial charge in [0.2, 0.25) is 5.88 Å². The quantitative estimate of drug-likeness (QED) is 0.616. The smallest absolute Gasteiger partial charge is 0.258 e. The Hall–Kier alpha value is -2.87. The zero-order valence-electron chi connectivity index (χ0n) is 17.0. The van der Waals surface area contributed by atoms with E-state index in [-0.39, 0.29) is 40.3 Å². The number of hydrogen-bond acceptors (Lipinski definition) is 5. The lowest BCUT2D eigenvalue weighted by molar-refractivity contribution is -0.141. The first-order chi connectivity index (χ1) is 14.8. The van der Waals surface area contributed by atoms with E-state index >= 15 is 0 Å². The van der Waals surface area contributed by atoms with Crippen LogP contribution in [0.15, 0.2) is 36.5 Å². The molecule has 0 unspecified atom stereocenters. The van der Waals surface area contributed by atoms with E-state index in [1.807, 2.05) is 6.92 Å². The highest BCUT2D eigenvalue weighted by Crippen LogP contribution is 2.60. The largest absolute Gasteiger partial charge is 0.484 e. The van der Waals surface area contributed by atoms with E-state index in [0.717, 1.165) is 12.5 Å². The molecule has 2 bridgehead atoms. The minimum Gasteiger partial charge on any atom is -0.484 e. The molecule has 3 fully saturated rings. The Balaban J connectivity index is 1.21. The predicted molar refractivity (Wildman–Crippen MR) is 112 cm³/mol. The van der Waals surface area contributed by atoms with E-state index in [1.54, 1.807) is 12.1 Å². The fourth-order valence-corrected chi connectivity index (χ4v) is 4.34. The zero-order chi connectivity index (χ0) is 22.1. The van der Waals surface area contributed by atoms with Gasteiger partial charge in [-0.2, -0.15) is 0 Å². The summed E-state index contributed by atoms with van der Waals surface area (Å²) < 4.78 is 24.2. The molecule has 3 saturated carbocycles. The number of carbonyl (C=O) groups is 2. The Morgan fingerprint density at radius 2 is 1.87 bits per heavy atom. The number of nitrogens with zero attached hydrogens (tertiary/aromatic N) is 1. The van der Waals surface area contributed by atoms with Crippen LogP contribution in [-0.2, 0) is 4.79 Å². The molecule has 9 heteroatoms. The Morgan fingerprint density at radius 3 is 2.52 bits per heavy atom. The summed E-state index contributed by atoms with van der Waals surface area (Å²) in [6.07, 6.45) is 4.38. The summed E-state index contributed by atoms with van der Waals surface area (Å²) in [4.78, 5) is 28.8. The molecule has 164 valence electrons. The third-order valence-electron chi connectivity index (χ3n) is 5.53. The van der Waals surface area contributed by atoms with Gasteiger partial charge in [-0.15, -0.1) is 0 Å². The molecule has 0 aliphatic heterocycles. The Bertz CT molecular complexity index is 979. The van der Waals surface area contributed by atoms with Gasteiger partial charge in [0, 0.05) is 29.4 Å². The van der Waals surface area contributed by atoms with Gasteiger partial charge in [-0.3, -0.25) is 9.59 Å². The van der Waals surface area contributed by atoms with Crippen LogP contribution in [0.5, 0.6) is 11.6 Å². The molecule has 3 aliphatic carbocycles. The van der Waals surface area contributed by atoms with Crippen molar-refractivity contribution in [1.82, 2.24) is 15.6 Å². The molecule has 3 aliphatic rings. The molecule has 5 rings (SSSR count). The molecule has 7 nitrogen and oxygen atoms in total. The maximum absolute atomic E-state index is 13.4. The van der Waals surface area contributed by atoms with Gasteiger partial charge in [0.25, 0.3) is 11.8 Å². The number of hydrogen-bond donors (Lipinski definition) is 2. The Kier molecular flexibility index (Phi) is 5.75. The fraction of sp³-hybridized carbons (Fsp3) is 0.409. The van der Waals surface area contributed by atoms with Gasteiger partial charge in [-0.05, 0) is 43.9 Å². The van der Waals surface area contributed by atoms with Crippen molar-refractivity contribution in [2.45, 2.75) is 43.7 Å². The summed E-state index contributed by atoms with van der Waals surface area (Å²) in [5.41, 5.74) is -0.132. The highest BCUT2D eigenvalue weighted by atomic mass is 35.5. The minimum atomic E-state index is -0.602. The van der Waals surface area contributed by atoms with Crippen LogP contribution >= 0.6 is 11.6 Å². The molecular formula is C22H23ClFN3O4. The van der Waals surface area contributed by atoms with E-state index in [0.29, 0.717) is 37.3 Å². The van der Waals surface area contributed by atoms with Crippen LogP contribution in [0.4, 0.5) is 4.39 Å². The SMILES string of the molecule is CCCOc1ccc(C(=O)NC23CC(NC(=O)COc4ccc(Cl)c(F)c4)(C2)C3)cn1. The van der Waals surface area contributed by atoms with Gasteiger partial charge in [0.15, 0.2) is 6.61 Å². The van der Waals surface area contributed by atoms with Crippen LogP contribution in [-0.4, -0.2) is 41.1 Å². The van der Waals surface area contributed by atoms with E-state index in [1.165, 1.54) is 18.3 Å². The molecule has 1 aromatic heterocycles. The molecule has 1 heterocycles. The average molecular weight is 448 g/mol. The molecule has 0 radical (unpaired) electrons. The second-order valence-corrected chi connectivity index (χ2v) is 8.60. The van der Waals surface area contributed by atoms with Crippen molar-refractivity contribution in [2.75, 3.05) is 13.2 Å². The third kappa shape index (κ3) is 4.58. The van der Waals surface area contributed by atoms with Gasteiger partial charge < -0.3 is 20.1 Å². The number of pyridine rings is 1. The van der Waals surface area contributed by atoms with Crippen molar-refractivity contribution in [1.29, 1.82) is 0 Å². The highest BCUT2D eigenvalue weighted by Gasteiger charge is 2.69. The molecule has 31 heavy (non-hydrogen) atoms. The maximum atomic E-state index is 13.4. The molecule has 0 spiro atoms. The standard InChI is InChI=1S/C22H23ClFN3O4/c1-2-7-30-19-6-3-14(9-25-19)20(29)27-22-11-21(12-22,13-22)26-18(28)10-31-15-4-5-16(23)17(24)8-15/h3-6,8-9H,2,7,10-13H2,1H3,(H,26,28)(H,27,29). The lowest BCUT2D eigenvalue weighted by atomic mass is 9.44. The first-order valence-electron chi connectivity index (χ1n) is 10.1. The number of ether oxygens (including phenoxy) is 2. The highest BCUT2D eigenvalue weighted by molar-refractivity contribution is 6.30. The van der Waals surface area contributed by atoms with Crippen molar-refractivity contribution in [3.63, 3.8) is 0 Å². The van der Waals surface area contributed by atoms with Crippen LogP contribution in [0.1, 0.15) is 43.0 Å². The zero-order valence-corrected chi connectivity index (χ0v) is 17.8. The van der Waals surface area contributed by atoms with Crippen molar-refractivity contribution >= 4 is 23.4 Å². The van der Waals surface area contributed by atoms with E-state index in [9.17, 15) is 14.0 Å². The average Bonchev–Trinajstić information content (AvgIpc) is 2.71. The topological polar surface area (TPSA) is 89.6 Å². The summed E-state index contributed by atoms with van der Waals surface area (Å²) >= 11 is 5.63. The second-order valence-electron chi connectivity index (χ2n) is 8.19. The van der Waals surface area contributed by atoms with E-state index in [2.05, 4.69) is 15.6 Å². The number of aromatic nitrogens is 1. The maximum Gasteiger partial charge on any atom is 0.258 e. The molecule has 0 atom stereocenters. The number of amides is 2. The molecular weight excluding hydrogens is 425 g/mol. The predicted octanol–water partition coefficient (Wildman–Crippen LogP) is 3.26. The van der Waals surface area contributed by atoms with Crippen LogP contribution in [0, 0.1) is 5.82 Å². The van der Waals surface area contributed by atoms with Gasteiger partial charge in [0.05, 0.1) is 17.2 Å². The number of benzene rings is 1. The molecule has 2 aromatic rings. The summed E-state index contributed by atoms with van der Waals surface area (Å²) in [7, 11) is 0. The molecule has 2 amide bonds. The van der Waals surface area contributed by atoms with Crippen molar-refractivity contribution in [3.05, 3.63) is 52.9 Å². The summed E-state index contributed by atoms with van der Waals surface area (Å²) in [6.45, 7) is 2.37. The van der Waals surface area contributed by atoms with Crippen molar-refractivity contribution < 1.29 is 23.5 Å². The van der Waals surface area contributed by atoms with E-state index < -0.39 is 5.82 Å². The van der Waals surface area contributed by atoms with Gasteiger partial charge in [0.1, 0.15) is 11.6 Å². The number of carbonyl (C=O) groups excluding carboxylic acids is 2.